The van der Waals surface area contributed by atoms with Crippen LogP contribution in [-0.4, -0.2) is 43.1 Å². The molecule has 2 heterocycles. The summed E-state index contributed by atoms with van der Waals surface area (Å²) in [5, 5.41) is 2.54. The van der Waals surface area contributed by atoms with Crippen LogP contribution < -0.4 is 4.90 Å². The number of nitrogens with zero attached hydrogens (tertiary/aromatic N) is 3. The lowest BCUT2D eigenvalue weighted by atomic mass is 10.0. The minimum Gasteiger partial charge on any atom is -0.369 e. The Hall–Kier alpha value is -2.65. The van der Waals surface area contributed by atoms with Crippen molar-refractivity contribution in [1.82, 2.24) is 9.88 Å². The summed E-state index contributed by atoms with van der Waals surface area (Å²) in [5.41, 5.74) is 4.80. The normalized spacial score (nSPS) is 15.8. The molecule has 26 heavy (non-hydrogen) atoms. The number of fused-ring (bicyclic) bond motifs is 1. The van der Waals surface area contributed by atoms with Crippen molar-refractivity contribution in [2.75, 3.05) is 38.1 Å². The molecule has 1 aromatic heterocycles. The van der Waals surface area contributed by atoms with Crippen LogP contribution in [0.3, 0.4) is 0 Å². The number of piperazine rings is 1. The van der Waals surface area contributed by atoms with Gasteiger partial charge in [0.05, 0.1) is 5.69 Å². The van der Waals surface area contributed by atoms with Gasteiger partial charge in [-0.1, -0.05) is 48.5 Å². The van der Waals surface area contributed by atoms with E-state index in [4.69, 9.17) is 0 Å². The molecular formula is C23H25N3. The van der Waals surface area contributed by atoms with E-state index in [2.05, 4.69) is 89.4 Å². The predicted octanol–water partition coefficient (Wildman–Crippen LogP) is 4.47. The van der Waals surface area contributed by atoms with Crippen LogP contribution in [0.5, 0.6) is 0 Å². The first-order valence-electron chi connectivity index (χ1n) is 9.27. The van der Waals surface area contributed by atoms with Crippen LogP contribution >= 0.6 is 0 Å². The lowest BCUT2D eigenvalue weighted by molar-refractivity contribution is 0.312. The van der Waals surface area contributed by atoms with E-state index >= 15 is 0 Å². The van der Waals surface area contributed by atoms with Crippen LogP contribution in [0.4, 0.5) is 5.69 Å². The van der Waals surface area contributed by atoms with Gasteiger partial charge in [-0.05, 0) is 48.0 Å². The molecule has 2 aromatic carbocycles. The summed E-state index contributed by atoms with van der Waals surface area (Å²) < 4.78 is 0. The Balaban J connectivity index is 1.62. The van der Waals surface area contributed by atoms with Crippen molar-refractivity contribution < 1.29 is 0 Å². The standard InChI is InChI=1S/C23H25N3/c1-18-17-24-21(16-23(18)26-14-12-25(2)13-15-26)11-10-20-8-5-7-19-6-3-4-9-22(19)20/h3-11,16-17H,12-15H2,1-2H3/b11-10+. The Morgan fingerprint density at radius 3 is 2.54 bits per heavy atom. The molecule has 3 aromatic rings. The van der Waals surface area contributed by atoms with E-state index in [1.165, 1.54) is 27.6 Å². The summed E-state index contributed by atoms with van der Waals surface area (Å²) in [7, 11) is 2.19. The maximum Gasteiger partial charge on any atom is 0.0650 e. The predicted molar refractivity (Wildman–Crippen MR) is 112 cm³/mol. The van der Waals surface area contributed by atoms with Gasteiger partial charge < -0.3 is 9.80 Å². The summed E-state index contributed by atoms with van der Waals surface area (Å²) in [4.78, 5) is 9.48. The van der Waals surface area contributed by atoms with Crippen molar-refractivity contribution >= 4 is 28.6 Å². The molecule has 0 saturated carbocycles. The van der Waals surface area contributed by atoms with Gasteiger partial charge >= 0.3 is 0 Å². The number of hydrogen-bond acceptors (Lipinski definition) is 3. The average Bonchev–Trinajstić information content (AvgIpc) is 2.68. The first kappa shape index (κ1) is 16.8. The van der Waals surface area contributed by atoms with Crippen LogP contribution in [0.1, 0.15) is 16.8 Å². The third-order valence-corrected chi connectivity index (χ3v) is 5.20. The Labute approximate surface area is 155 Å². The van der Waals surface area contributed by atoms with E-state index < -0.39 is 0 Å². The number of likely N-dealkylation sites (N-methyl/N-ethyl adjacent to an activating group) is 1. The van der Waals surface area contributed by atoms with Crippen molar-refractivity contribution in [3.63, 3.8) is 0 Å². The number of anilines is 1. The van der Waals surface area contributed by atoms with Crippen molar-refractivity contribution in [3.05, 3.63) is 71.5 Å². The number of aryl methyl sites for hydroxylation is 1. The Kier molecular flexibility index (Phi) is 4.72. The minimum atomic E-state index is 1.01. The van der Waals surface area contributed by atoms with Crippen LogP contribution in [-0.2, 0) is 0 Å². The molecule has 0 N–H and O–H groups in total. The van der Waals surface area contributed by atoms with Gasteiger partial charge in [-0.2, -0.15) is 0 Å². The highest BCUT2D eigenvalue weighted by atomic mass is 15.2. The summed E-state index contributed by atoms with van der Waals surface area (Å²) in [6.45, 7) is 6.53. The Morgan fingerprint density at radius 2 is 1.69 bits per heavy atom. The molecule has 1 aliphatic heterocycles. The van der Waals surface area contributed by atoms with Gasteiger partial charge in [0, 0.05) is 38.1 Å². The smallest absolute Gasteiger partial charge is 0.0650 e. The second kappa shape index (κ2) is 7.30. The molecule has 3 heteroatoms. The van der Waals surface area contributed by atoms with E-state index in [1.807, 2.05) is 6.20 Å². The molecule has 0 unspecified atom stereocenters. The van der Waals surface area contributed by atoms with Gasteiger partial charge in [-0.15, -0.1) is 0 Å². The molecule has 0 amide bonds. The molecule has 3 nitrogen and oxygen atoms in total. The molecule has 4 rings (SSSR count). The van der Waals surface area contributed by atoms with Gasteiger partial charge in [-0.3, -0.25) is 4.98 Å². The zero-order valence-electron chi connectivity index (χ0n) is 15.5. The molecular weight excluding hydrogens is 318 g/mol. The highest BCUT2D eigenvalue weighted by Gasteiger charge is 2.16. The van der Waals surface area contributed by atoms with E-state index in [1.54, 1.807) is 0 Å². The fourth-order valence-electron chi connectivity index (χ4n) is 3.58. The number of benzene rings is 2. The molecule has 0 radical (unpaired) electrons. The second-order valence-electron chi connectivity index (χ2n) is 7.09. The Morgan fingerprint density at radius 1 is 0.923 bits per heavy atom. The fourth-order valence-corrected chi connectivity index (χ4v) is 3.58. The fraction of sp³-hybridized carbons (Fsp3) is 0.261. The van der Waals surface area contributed by atoms with Gasteiger partial charge in [0.2, 0.25) is 0 Å². The molecule has 1 aliphatic rings. The molecule has 0 atom stereocenters. The van der Waals surface area contributed by atoms with Gasteiger partial charge in [0.1, 0.15) is 0 Å². The highest BCUT2D eigenvalue weighted by molar-refractivity contribution is 5.92. The van der Waals surface area contributed by atoms with E-state index in [9.17, 15) is 0 Å². The minimum absolute atomic E-state index is 1.01. The van der Waals surface area contributed by atoms with Crippen LogP contribution in [0, 0.1) is 6.92 Å². The van der Waals surface area contributed by atoms with Crippen molar-refractivity contribution in [2.45, 2.75) is 6.92 Å². The quantitative estimate of drug-likeness (QED) is 0.700. The summed E-state index contributed by atoms with van der Waals surface area (Å²) in [5.74, 6) is 0. The third kappa shape index (κ3) is 3.49. The molecule has 0 aliphatic carbocycles. The van der Waals surface area contributed by atoms with E-state index in [0.29, 0.717) is 0 Å². The first-order chi connectivity index (χ1) is 12.7. The SMILES string of the molecule is Cc1cnc(/C=C/c2cccc3ccccc23)cc1N1CCN(C)CC1. The van der Waals surface area contributed by atoms with Crippen LogP contribution in [0.2, 0.25) is 0 Å². The number of hydrogen-bond donors (Lipinski definition) is 0. The zero-order valence-corrected chi connectivity index (χ0v) is 15.5. The first-order valence-corrected chi connectivity index (χ1v) is 9.27. The number of pyridine rings is 1. The molecule has 132 valence electrons. The van der Waals surface area contributed by atoms with Gasteiger partial charge in [0.25, 0.3) is 0 Å². The van der Waals surface area contributed by atoms with Crippen LogP contribution in [0.25, 0.3) is 22.9 Å². The Bertz CT molecular complexity index is 932. The van der Waals surface area contributed by atoms with Gasteiger partial charge in [0.15, 0.2) is 0 Å². The van der Waals surface area contributed by atoms with Crippen molar-refractivity contribution in [1.29, 1.82) is 0 Å². The number of rotatable bonds is 3. The topological polar surface area (TPSA) is 19.4 Å². The average molecular weight is 343 g/mol. The van der Waals surface area contributed by atoms with Crippen molar-refractivity contribution in [2.24, 2.45) is 0 Å². The van der Waals surface area contributed by atoms with E-state index in [-0.39, 0.29) is 0 Å². The monoisotopic (exact) mass is 343 g/mol. The lowest BCUT2D eigenvalue weighted by Crippen LogP contribution is -2.44. The summed E-state index contributed by atoms with van der Waals surface area (Å²) >= 11 is 0. The van der Waals surface area contributed by atoms with Crippen molar-refractivity contribution in [3.8, 4) is 0 Å². The summed E-state index contributed by atoms with van der Waals surface area (Å²) in [6.07, 6.45) is 6.30. The van der Waals surface area contributed by atoms with Crippen LogP contribution in [0.15, 0.2) is 54.7 Å². The molecule has 0 bridgehead atoms. The summed E-state index contributed by atoms with van der Waals surface area (Å²) in [6, 6.07) is 17.2. The maximum atomic E-state index is 4.62. The largest absolute Gasteiger partial charge is 0.369 e. The molecule has 1 fully saturated rings. The zero-order chi connectivity index (χ0) is 17.9. The maximum absolute atomic E-state index is 4.62. The lowest BCUT2D eigenvalue weighted by Gasteiger charge is -2.34. The molecule has 1 saturated heterocycles. The van der Waals surface area contributed by atoms with Gasteiger partial charge in [-0.25, -0.2) is 0 Å². The van der Waals surface area contributed by atoms with E-state index in [0.717, 1.165) is 31.9 Å². The third-order valence-electron chi connectivity index (χ3n) is 5.20. The molecule has 0 spiro atoms. The highest BCUT2D eigenvalue weighted by Crippen LogP contribution is 2.24. The second-order valence-corrected chi connectivity index (χ2v) is 7.09. The number of aromatic nitrogens is 1.